The highest BCUT2D eigenvalue weighted by atomic mass is 16.5. The highest BCUT2D eigenvalue weighted by Gasteiger charge is 2.52. The molecule has 4 rings (SSSR count). The van der Waals surface area contributed by atoms with Gasteiger partial charge in [0.25, 0.3) is 0 Å². The second-order valence-corrected chi connectivity index (χ2v) is 7.36. The molecule has 6 nitrogen and oxygen atoms in total. The molecule has 3 heterocycles. The Morgan fingerprint density at radius 1 is 1.31 bits per heavy atom. The standard InChI is InChI=1S/C20H23N3O3/c1-13-15(14(2)26-21-13)11-18(24)23-10-6-9-20(12-23)16-7-4-5-8-17(16)22(3)19(20)25/h4-5,7-8H,6,9-12H2,1-3H3. The van der Waals surface area contributed by atoms with Gasteiger partial charge in [0.1, 0.15) is 5.76 Å². The number of hydrogen-bond acceptors (Lipinski definition) is 4. The van der Waals surface area contributed by atoms with E-state index in [-0.39, 0.29) is 18.2 Å². The van der Waals surface area contributed by atoms with Crippen molar-refractivity contribution in [3.05, 3.63) is 46.8 Å². The first-order valence-electron chi connectivity index (χ1n) is 9.01. The number of para-hydroxylation sites is 1. The summed E-state index contributed by atoms with van der Waals surface area (Å²) in [5.41, 5.74) is 2.99. The molecule has 0 bridgehead atoms. The van der Waals surface area contributed by atoms with Gasteiger partial charge in [0.15, 0.2) is 0 Å². The SMILES string of the molecule is Cc1noc(C)c1CC(=O)N1CCCC2(C1)C(=O)N(C)c1ccccc12. The maximum Gasteiger partial charge on any atom is 0.239 e. The number of likely N-dealkylation sites (N-methyl/N-ethyl adjacent to an activating group) is 1. The van der Waals surface area contributed by atoms with E-state index in [4.69, 9.17) is 4.52 Å². The number of rotatable bonds is 2. The summed E-state index contributed by atoms with van der Waals surface area (Å²) in [5, 5.41) is 3.93. The smallest absolute Gasteiger partial charge is 0.239 e. The van der Waals surface area contributed by atoms with Crippen LogP contribution in [0, 0.1) is 13.8 Å². The molecule has 0 radical (unpaired) electrons. The van der Waals surface area contributed by atoms with E-state index in [1.165, 1.54) is 0 Å². The van der Waals surface area contributed by atoms with Crippen molar-refractivity contribution >= 4 is 17.5 Å². The van der Waals surface area contributed by atoms with Crippen LogP contribution < -0.4 is 4.90 Å². The molecule has 1 spiro atoms. The van der Waals surface area contributed by atoms with Gasteiger partial charge in [-0.2, -0.15) is 0 Å². The van der Waals surface area contributed by atoms with Crippen LogP contribution in [0.4, 0.5) is 5.69 Å². The van der Waals surface area contributed by atoms with Crippen molar-refractivity contribution in [2.24, 2.45) is 0 Å². The molecular weight excluding hydrogens is 330 g/mol. The fraction of sp³-hybridized carbons (Fsp3) is 0.450. The third kappa shape index (κ3) is 2.35. The first kappa shape index (κ1) is 16.8. The number of aromatic nitrogens is 1. The summed E-state index contributed by atoms with van der Waals surface area (Å²) in [7, 11) is 1.82. The molecule has 2 aromatic rings. The number of fused-ring (bicyclic) bond motifs is 2. The molecule has 1 aromatic heterocycles. The molecule has 136 valence electrons. The van der Waals surface area contributed by atoms with Crippen molar-refractivity contribution in [2.75, 3.05) is 25.0 Å². The van der Waals surface area contributed by atoms with Gasteiger partial charge in [0.2, 0.25) is 11.8 Å². The molecule has 0 saturated carbocycles. The zero-order valence-electron chi connectivity index (χ0n) is 15.4. The predicted molar refractivity (Wildman–Crippen MR) is 97.0 cm³/mol. The molecule has 1 atom stereocenters. The van der Waals surface area contributed by atoms with Crippen molar-refractivity contribution in [2.45, 2.75) is 38.5 Å². The minimum absolute atomic E-state index is 0.0262. The number of carbonyl (C=O) groups is 2. The van der Waals surface area contributed by atoms with Crippen LogP contribution in [0.15, 0.2) is 28.8 Å². The summed E-state index contributed by atoms with van der Waals surface area (Å²) in [6, 6.07) is 7.92. The van der Waals surface area contributed by atoms with Crippen molar-refractivity contribution in [1.82, 2.24) is 10.1 Å². The molecular formula is C20H23N3O3. The van der Waals surface area contributed by atoms with Gasteiger partial charge in [-0.3, -0.25) is 9.59 Å². The fourth-order valence-corrected chi connectivity index (χ4v) is 4.40. The Hall–Kier alpha value is -2.63. The first-order valence-corrected chi connectivity index (χ1v) is 9.01. The van der Waals surface area contributed by atoms with E-state index in [0.29, 0.717) is 18.8 Å². The lowest BCUT2D eigenvalue weighted by atomic mass is 9.75. The summed E-state index contributed by atoms with van der Waals surface area (Å²) in [5.74, 6) is 0.802. The number of piperidine rings is 1. The highest BCUT2D eigenvalue weighted by molar-refractivity contribution is 6.08. The summed E-state index contributed by atoms with van der Waals surface area (Å²) in [6.45, 7) is 4.80. The van der Waals surface area contributed by atoms with E-state index in [1.807, 2.05) is 50.1 Å². The zero-order valence-corrected chi connectivity index (χ0v) is 15.4. The molecule has 2 amide bonds. The van der Waals surface area contributed by atoms with Crippen LogP contribution in [0.3, 0.4) is 0 Å². The van der Waals surface area contributed by atoms with E-state index >= 15 is 0 Å². The Morgan fingerprint density at radius 3 is 2.81 bits per heavy atom. The lowest BCUT2D eigenvalue weighted by Gasteiger charge is -2.39. The van der Waals surface area contributed by atoms with Gasteiger partial charge in [-0.15, -0.1) is 0 Å². The third-order valence-electron chi connectivity index (χ3n) is 5.85. The van der Waals surface area contributed by atoms with E-state index in [1.54, 1.807) is 4.90 Å². The summed E-state index contributed by atoms with van der Waals surface area (Å²) < 4.78 is 5.17. The minimum Gasteiger partial charge on any atom is -0.361 e. The lowest BCUT2D eigenvalue weighted by molar-refractivity contribution is -0.135. The number of carbonyl (C=O) groups excluding carboxylic acids is 2. The van der Waals surface area contributed by atoms with Gasteiger partial charge in [-0.05, 0) is 38.3 Å². The Morgan fingerprint density at radius 2 is 2.08 bits per heavy atom. The maximum absolute atomic E-state index is 13.1. The monoisotopic (exact) mass is 353 g/mol. The van der Waals surface area contributed by atoms with Crippen molar-refractivity contribution in [3.63, 3.8) is 0 Å². The molecule has 1 aromatic carbocycles. The van der Waals surface area contributed by atoms with Crippen molar-refractivity contribution in [1.29, 1.82) is 0 Å². The van der Waals surface area contributed by atoms with E-state index < -0.39 is 5.41 Å². The van der Waals surface area contributed by atoms with Crippen LogP contribution in [0.1, 0.15) is 35.4 Å². The van der Waals surface area contributed by atoms with Crippen LogP contribution in [0.25, 0.3) is 0 Å². The van der Waals surface area contributed by atoms with Crippen LogP contribution >= 0.6 is 0 Å². The number of benzene rings is 1. The number of nitrogens with zero attached hydrogens (tertiary/aromatic N) is 3. The summed E-state index contributed by atoms with van der Waals surface area (Å²) >= 11 is 0. The third-order valence-corrected chi connectivity index (χ3v) is 5.85. The van der Waals surface area contributed by atoms with Crippen LogP contribution in [-0.2, 0) is 21.4 Å². The molecule has 1 saturated heterocycles. The van der Waals surface area contributed by atoms with E-state index in [0.717, 1.165) is 35.3 Å². The van der Waals surface area contributed by atoms with Gasteiger partial charge < -0.3 is 14.3 Å². The average Bonchev–Trinajstić information content (AvgIpc) is 3.07. The van der Waals surface area contributed by atoms with E-state index in [2.05, 4.69) is 5.16 Å². The largest absolute Gasteiger partial charge is 0.361 e. The number of likely N-dealkylation sites (tertiary alicyclic amines) is 1. The average molecular weight is 353 g/mol. The highest BCUT2D eigenvalue weighted by Crippen LogP contribution is 2.46. The van der Waals surface area contributed by atoms with E-state index in [9.17, 15) is 9.59 Å². The molecule has 2 aliphatic heterocycles. The Balaban J connectivity index is 1.62. The van der Waals surface area contributed by atoms with Gasteiger partial charge in [-0.1, -0.05) is 23.4 Å². The second-order valence-electron chi connectivity index (χ2n) is 7.36. The van der Waals surface area contributed by atoms with Crippen molar-refractivity contribution < 1.29 is 14.1 Å². The van der Waals surface area contributed by atoms with Crippen LogP contribution in [-0.4, -0.2) is 42.0 Å². The molecule has 1 unspecified atom stereocenters. The number of anilines is 1. The quantitative estimate of drug-likeness (QED) is 0.831. The van der Waals surface area contributed by atoms with Gasteiger partial charge in [0, 0.05) is 31.4 Å². The van der Waals surface area contributed by atoms with Gasteiger partial charge >= 0.3 is 0 Å². The molecule has 1 fully saturated rings. The number of amides is 2. The fourth-order valence-electron chi connectivity index (χ4n) is 4.40. The predicted octanol–water partition coefficient (Wildman–Crippen LogP) is 2.37. The number of aryl methyl sites for hydroxylation is 2. The topological polar surface area (TPSA) is 66.7 Å². The van der Waals surface area contributed by atoms with Crippen LogP contribution in [0.5, 0.6) is 0 Å². The second kappa shape index (κ2) is 5.97. The molecule has 0 N–H and O–H groups in total. The normalized spacial score (nSPS) is 22.2. The molecule has 26 heavy (non-hydrogen) atoms. The van der Waals surface area contributed by atoms with Gasteiger partial charge in [-0.25, -0.2) is 0 Å². The summed E-state index contributed by atoms with van der Waals surface area (Å²) in [4.78, 5) is 29.6. The molecule has 6 heteroatoms. The number of hydrogen-bond donors (Lipinski definition) is 0. The Kier molecular flexibility index (Phi) is 3.86. The zero-order chi connectivity index (χ0) is 18.5. The van der Waals surface area contributed by atoms with Gasteiger partial charge in [0.05, 0.1) is 17.5 Å². The minimum atomic E-state index is -0.613. The van der Waals surface area contributed by atoms with Crippen LogP contribution in [0.2, 0.25) is 0 Å². The maximum atomic E-state index is 13.1. The Labute approximate surface area is 152 Å². The Bertz CT molecular complexity index is 869. The molecule has 2 aliphatic rings. The molecule has 0 aliphatic carbocycles. The lowest BCUT2D eigenvalue weighted by Crippen LogP contribution is -2.53. The first-order chi connectivity index (χ1) is 12.4. The van der Waals surface area contributed by atoms with Crippen molar-refractivity contribution in [3.8, 4) is 0 Å². The summed E-state index contributed by atoms with van der Waals surface area (Å²) in [6.07, 6.45) is 1.87.